The molecule has 33 heavy (non-hydrogen) atoms. The van der Waals surface area contributed by atoms with E-state index >= 15 is 0 Å². The Morgan fingerprint density at radius 3 is 2.48 bits per heavy atom. The fourth-order valence-electron chi connectivity index (χ4n) is 2.49. The molecule has 2 aromatic heterocycles. The molecule has 1 atom stereocenters. The lowest BCUT2D eigenvalue weighted by molar-refractivity contribution is -0.138. The van der Waals surface area contributed by atoms with Crippen LogP contribution in [0.5, 0.6) is 0 Å². The summed E-state index contributed by atoms with van der Waals surface area (Å²) in [4.78, 5) is 27.8. The molecule has 2 aromatic rings. The van der Waals surface area contributed by atoms with Crippen molar-refractivity contribution in [3.05, 3.63) is 48.6 Å². The van der Waals surface area contributed by atoms with Crippen molar-refractivity contribution in [2.75, 3.05) is 10.6 Å². The highest BCUT2D eigenvalue weighted by atomic mass is 19.4. The van der Waals surface area contributed by atoms with Gasteiger partial charge in [-0.2, -0.15) is 23.5 Å². The van der Waals surface area contributed by atoms with Crippen LogP contribution in [-0.4, -0.2) is 43.1 Å². The number of ether oxygens (including phenoxy) is 1. The third-order valence-corrected chi connectivity index (χ3v) is 3.97. The van der Waals surface area contributed by atoms with Crippen LogP contribution in [0.2, 0.25) is 0 Å². The normalized spacial score (nSPS) is 13.4. The Labute approximate surface area is 186 Å². The van der Waals surface area contributed by atoms with Gasteiger partial charge in [0.15, 0.2) is 11.3 Å². The highest BCUT2D eigenvalue weighted by molar-refractivity contribution is 5.98. The second-order valence-electron chi connectivity index (χ2n) is 7.87. The van der Waals surface area contributed by atoms with Gasteiger partial charge in [0.05, 0.1) is 35.9 Å². The largest absolute Gasteiger partial charge is 0.444 e. The number of amides is 2. The van der Waals surface area contributed by atoms with E-state index in [0.29, 0.717) is 6.07 Å². The number of nitrogens with zero attached hydrogens (tertiary/aromatic N) is 4. The number of anilines is 2. The summed E-state index contributed by atoms with van der Waals surface area (Å²) in [5.74, 6) is -1.12. The third kappa shape index (κ3) is 6.78. The van der Waals surface area contributed by atoms with E-state index in [9.17, 15) is 27.9 Å². The Morgan fingerprint density at radius 2 is 1.94 bits per heavy atom. The van der Waals surface area contributed by atoms with Crippen molar-refractivity contribution < 1.29 is 32.6 Å². The van der Waals surface area contributed by atoms with E-state index in [1.165, 1.54) is 18.5 Å². The molecule has 0 aliphatic heterocycles. The highest BCUT2D eigenvalue weighted by Crippen LogP contribution is 2.32. The van der Waals surface area contributed by atoms with Crippen molar-refractivity contribution >= 4 is 23.4 Å². The average Bonchev–Trinajstić information content (AvgIpc) is 3.11. The Kier molecular flexibility index (Phi) is 7.13. The zero-order valence-electron chi connectivity index (χ0n) is 17.9. The van der Waals surface area contributed by atoms with Crippen LogP contribution in [0, 0.1) is 11.3 Å². The Hall–Kier alpha value is -3.92. The SMILES string of the molecule is C=CC(O)(Cn1cc(NC(=O)OC(C)(C)C)cn1)C(=O)Nc1cnc(C#N)c(C(F)(F)F)c1. The molecule has 0 radical (unpaired) electrons. The topological polar surface area (TPSA) is 142 Å². The predicted molar refractivity (Wildman–Crippen MR) is 110 cm³/mol. The standard InChI is InChI=1S/C20H21F3N6O4/c1-5-19(32,11-29-10-13(9-26-29)28-17(31)33-18(2,3)4)16(30)27-12-6-14(20(21,22)23)15(7-24)25-8-12/h5-6,8-10,32H,1,11H2,2-4H3,(H,27,30)(H,28,31). The maximum Gasteiger partial charge on any atom is 0.419 e. The minimum atomic E-state index is -4.87. The van der Waals surface area contributed by atoms with Crippen molar-refractivity contribution in [3.8, 4) is 6.07 Å². The van der Waals surface area contributed by atoms with Crippen LogP contribution in [0.1, 0.15) is 32.0 Å². The molecular formula is C20H21F3N6O4. The van der Waals surface area contributed by atoms with Gasteiger partial charge in [-0.1, -0.05) is 6.58 Å². The second kappa shape index (κ2) is 9.29. The lowest BCUT2D eigenvalue weighted by Gasteiger charge is -2.23. The maximum atomic E-state index is 13.1. The Morgan fingerprint density at radius 1 is 1.27 bits per heavy atom. The molecule has 10 nitrogen and oxygen atoms in total. The molecule has 2 amide bonds. The molecule has 3 N–H and O–H groups in total. The number of hydrogen-bond acceptors (Lipinski definition) is 7. The predicted octanol–water partition coefficient (Wildman–Crippen LogP) is 3.07. The summed E-state index contributed by atoms with van der Waals surface area (Å²) in [5, 5.41) is 27.9. The smallest absolute Gasteiger partial charge is 0.419 e. The Bertz CT molecular complexity index is 1100. The quantitative estimate of drug-likeness (QED) is 0.556. The van der Waals surface area contributed by atoms with Crippen LogP contribution in [0.25, 0.3) is 0 Å². The number of hydrogen-bond donors (Lipinski definition) is 3. The van der Waals surface area contributed by atoms with E-state index in [0.717, 1.165) is 17.0 Å². The van der Waals surface area contributed by atoms with Crippen molar-refractivity contribution in [1.29, 1.82) is 5.26 Å². The molecule has 0 saturated carbocycles. The van der Waals surface area contributed by atoms with E-state index < -0.39 is 47.2 Å². The van der Waals surface area contributed by atoms with Crippen molar-refractivity contribution in [3.63, 3.8) is 0 Å². The van der Waals surface area contributed by atoms with Crippen molar-refractivity contribution in [2.45, 2.75) is 44.7 Å². The lowest BCUT2D eigenvalue weighted by atomic mass is 10.0. The summed E-state index contributed by atoms with van der Waals surface area (Å²) in [5.41, 5.74) is -5.40. The first-order valence-electron chi connectivity index (χ1n) is 9.34. The van der Waals surface area contributed by atoms with Crippen LogP contribution in [-0.2, 0) is 22.3 Å². The van der Waals surface area contributed by atoms with E-state index in [-0.39, 0.29) is 11.4 Å². The van der Waals surface area contributed by atoms with E-state index in [2.05, 4.69) is 27.3 Å². The van der Waals surface area contributed by atoms with Crippen LogP contribution in [0.3, 0.4) is 0 Å². The number of carbonyl (C=O) groups is 2. The lowest BCUT2D eigenvalue weighted by Crippen LogP contribution is -2.44. The van der Waals surface area contributed by atoms with Gasteiger partial charge in [-0.05, 0) is 32.9 Å². The van der Waals surface area contributed by atoms with Crippen molar-refractivity contribution in [2.24, 2.45) is 0 Å². The first-order chi connectivity index (χ1) is 15.2. The molecule has 0 bridgehead atoms. The number of pyridine rings is 1. The maximum absolute atomic E-state index is 13.1. The van der Waals surface area contributed by atoms with E-state index in [1.54, 1.807) is 20.8 Å². The van der Waals surface area contributed by atoms with Gasteiger partial charge < -0.3 is 15.2 Å². The van der Waals surface area contributed by atoms with Gasteiger partial charge in [0.1, 0.15) is 11.7 Å². The van der Waals surface area contributed by atoms with Gasteiger partial charge in [0.2, 0.25) is 0 Å². The van der Waals surface area contributed by atoms with Gasteiger partial charge in [0.25, 0.3) is 5.91 Å². The summed E-state index contributed by atoms with van der Waals surface area (Å²) >= 11 is 0. The average molecular weight is 466 g/mol. The first kappa shape index (κ1) is 25.3. The van der Waals surface area contributed by atoms with Gasteiger partial charge in [0, 0.05) is 6.20 Å². The van der Waals surface area contributed by atoms with Gasteiger partial charge in [-0.15, -0.1) is 0 Å². The van der Waals surface area contributed by atoms with Gasteiger partial charge >= 0.3 is 12.3 Å². The number of nitriles is 1. The molecule has 0 aliphatic carbocycles. The zero-order valence-corrected chi connectivity index (χ0v) is 17.9. The molecule has 2 rings (SSSR count). The van der Waals surface area contributed by atoms with Gasteiger partial charge in [-0.25, -0.2) is 9.78 Å². The highest BCUT2D eigenvalue weighted by Gasteiger charge is 2.37. The molecule has 176 valence electrons. The van der Waals surface area contributed by atoms with Crippen LogP contribution in [0.4, 0.5) is 29.3 Å². The molecule has 0 aliphatic rings. The minimum absolute atomic E-state index is 0.210. The number of rotatable bonds is 6. The molecule has 0 aromatic carbocycles. The Balaban J connectivity index is 2.15. The van der Waals surface area contributed by atoms with E-state index in [1.807, 2.05) is 0 Å². The molecule has 0 fully saturated rings. The summed E-state index contributed by atoms with van der Waals surface area (Å²) in [6.07, 6.45) is -1.34. The van der Waals surface area contributed by atoms with Gasteiger partial charge in [-0.3, -0.25) is 14.8 Å². The summed E-state index contributed by atoms with van der Waals surface area (Å²) in [7, 11) is 0. The number of nitrogens with one attached hydrogen (secondary N) is 2. The fourth-order valence-corrected chi connectivity index (χ4v) is 2.49. The van der Waals surface area contributed by atoms with Crippen LogP contribution in [0.15, 0.2) is 37.3 Å². The molecule has 13 heteroatoms. The number of halogens is 3. The summed E-state index contributed by atoms with van der Waals surface area (Å²) < 4.78 is 45.5. The molecular weight excluding hydrogens is 445 g/mol. The number of aromatic nitrogens is 3. The number of alkyl halides is 3. The second-order valence-corrected chi connectivity index (χ2v) is 7.87. The van der Waals surface area contributed by atoms with Crippen LogP contribution >= 0.6 is 0 Å². The number of aliphatic hydroxyl groups is 1. The fraction of sp³-hybridized carbons (Fsp3) is 0.350. The zero-order chi connectivity index (χ0) is 25.0. The summed E-state index contributed by atoms with van der Waals surface area (Å²) in [6.45, 7) is 7.95. The van der Waals surface area contributed by atoms with Crippen LogP contribution < -0.4 is 10.6 Å². The summed E-state index contributed by atoms with van der Waals surface area (Å²) in [6, 6.07) is 1.86. The molecule has 0 saturated heterocycles. The monoisotopic (exact) mass is 466 g/mol. The first-order valence-corrected chi connectivity index (χ1v) is 9.34. The third-order valence-electron chi connectivity index (χ3n) is 3.97. The molecule has 0 spiro atoms. The molecule has 2 heterocycles. The number of carbonyl (C=O) groups excluding carboxylic acids is 2. The van der Waals surface area contributed by atoms with Crippen molar-refractivity contribution in [1.82, 2.24) is 14.8 Å². The molecule has 1 unspecified atom stereocenters. The minimum Gasteiger partial charge on any atom is -0.444 e. The van der Waals surface area contributed by atoms with E-state index in [4.69, 9.17) is 10.00 Å².